The Morgan fingerprint density at radius 2 is 2.10 bits per heavy atom. The molecule has 1 aliphatic rings. The molecule has 5 heteroatoms. The van der Waals surface area contributed by atoms with E-state index in [1.54, 1.807) is 11.8 Å². The van der Waals surface area contributed by atoms with Crippen LogP contribution in [-0.4, -0.2) is 31.1 Å². The van der Waals surface area contributed by atoms with E-state index in [4.69, 9.17) is 0 Å². The molecule has 20 heavy (non-hydrogen) atoms. The standard InChI is InChI=1S/C15H21N3O2/c1-3-9-16-15(20)17-11(2)14(19)18-10-8-12-6-4-5-7-13(12)18/h4-7,11H,3,8-10H2,1-2H3,(H2,16,17,20)/t11-/m1/s1. The normalized spacial score (nSPS) is 14.6. The van der Waals surface area contributed by atoms with Crippen LogP contribution in [0, 0.1) is 0 Å². The SMILES string of the molecule is CCCNC(=O)N[C@H](C)C(=O)N1CCc2ccccc21. The van der Waals surface area contributed by atoms with Crippen LogP contribution in [0.15, 0.2) is 24.3 Å². The third kappa shape index (κ3) is 3.10. The van der Waals surface area contributed by atoms with Crippen LogP contribution in [-0.2, 0) is 11.2 Å². The fourth-order valence-corrected chi connectivity index (χ4v) is 2.35. The average molecular weight is 275 g/mol. The van der Waals surface area contributed by atoms with Gasteiger partial charge in [0, 0.05) is 18.8 Å². The molecule has 0 spiro atoms. The molecule has 0 saturated heterocycles. The number of hydrogen-bond donors (Lipinski definition) is 2. The molecular weight excluding hydrogens is 254 g/mol. The van der Waals surface area contributed by atoms with Gasteiger partial charge in [0.15, 0.2) is 0 Å². The summed E-state index contributed by atoms with van der Waals surface area (Å²) in [5.74, 6) is -0.0680. The zero-order valence-electron chi connectivity index (χ0n) is 12.0. The molecule has 2 rings (SSSR count). The second kappa shape index (κ2) is 6.41. The van der Waals surface area contributed by atoms with Crippen molar-refractivity contribution in [2.75, 3.05) is 18.0 Å². The van der Waals surface area contributed by atoms with E-state index in [0.29, 0.717) is 13.1 Å². The molecule has 0 unspecified atom stereocenters. The first-order valence-electron chi connectivity index (χ1n) is 7.07. The van der Waals surface area contributed by atoms with E-state index < -0.39 is 6.04 Å². The number of amides is 3. The van der Waals surface area contributed by atoms with Crippen molar-refractivity contribution >= 4 is 17.6 Å². The van der Waals surface area contributed by atoms with Crippen molar-refractivity contribution in [3.63, 3.8) is 0 Å². The molecular formula is C15H21N3O2. The molecule has 0 aliphatic carbocycles. The van der Waals surface area contributed by atoms with Crippen molar-refractivity contribution in [3.05, 3.63) is 29.8 Å². The zero-order valence-corrected chi connectivity index (χ0v) is 12.0. The van der Waals surface area contributed by atoms with E-state index in [-0.39, 0.29) is 11.9 Å². The highest BCUT2D eigenvalue weighted by Gasteiger charge is 2.28. The minimum Gasteiger partial charge on any atom is -0.338 e. The number of nitrogens with one attached hydrogen (secondary N) is 2. The third-order valence-corrected chi connectivity index (χ3v) is 3.41. The van der Waals surface area contributed by atoms with E-state index in [1.807, 2.05) is 31.2 Å². The highest BCUT2D eigenvalue weighted by molar-refractivity contribution is 6.00. The summed E-state index contributed by atoms with van der Waals surface area (Å²) in [5, 5.41) is 5.39. The monoisotopic (exact) mass is 275 g/mol. The molecule has 108 valence electrons. The van der Waals surface area contributed by atoms with Crippen LogP contribution in [0.5, 0.6) is 0 Å². The van der Waals surface area contributed by atoms with Crippen LogP contribution in [0.2, 0.25) is 0 Å². The quantitative estimate of drug-likeness (QED) is 0.878. The Bertz CT molecular complexity index is 502. The molecule has 2 N–H and O–H groups in total. The van der Waals surface area contributed by atoms with Crippen LogP contribution in [0.4, 0.5) is 10.5 Å². The molecule has 0 aromatic heterocycles. The first-order chi connectivity index (χ1) is 9.63. The van der Waals surface area contributed by atoms with Gasteiger partial charge in [-0.3, -0.25) is 4.79 Å². The fourth-order valence-electron chi connectivity index (χ4n) is 2.35. The number of rotatable bonds is 4. The van der Waals surface area contributed by atoms with E-state index in [0.717, 1.165) is 18.5 Å². The summed E-state index contributed by atoms with van der Waals surface area (Å²) in [6, 6.07) is 7.07. The molecule has 1 aromatic rings. The Morgan fingerprint density at radius 1 is 1.35 bits per heavy atom. The summed E-state index contributed by atoms with van der Waals surface area (Å²) in [6.07, 6.45) is 1.74. The maximum absolute atomic E-state index is 12.4. The van der Waals surface area contributed by atoms with E-state index in [2.05, 4.69) is 10.6 Å². The summed E-state index contributed by atoms with van der Waals surface area (Å²) in [4.78, 5) is 25.7. The highest BCUT2D eigenvalue weighted by atomic mass is 16.2. The van der Waals surface area contributed by atoms with Gasteiger partial charge in [0.1, 0.15) is 6.04 Å². The maximum atomic E-state index is 12.4. The Hall–Kier alpha value is -2.04. The van der Waals surface area contributed by atoms with Crippen molar-refractivity contribution in [1.29, 1.82) is 0 Å². The number of benzene rings is 1. The minimum absolute atomic E-state index is 0.0680. The van der Waals surface area contributed by atoms with Crippen LogP contribution < -0.4 is 15.5 Å². The van der Waals surface area contributed by atoms with Crippen molar-refractivity contribution in [2.24, 2.45) is 0 Å². The Morgan fingerprint density at radius 3 is 2.85 bits per heavy atom. The second-order valence-electron chi connectivity index (χ2n) is 4.99. The number of para-hydroxylation sites is 1. The molecule has 0 bridgehead atoms. The molecule has 5 nitrogen and oxygen atoms in total. The molecule has 3 amide bonds. The van der Waals surface area contributed by atoms with Crippen molar-refractivity contribution in [1.82, 2.24) is 10.6 Å². The predicted molar refractivity (Wildman–Crippen MR) is 78.8 cm³/mol. The Balaban J connectivity index is 1.96. The van der Waals surface area contributed by atoms with Gasteiger partial charge >= 0.3 is 6.03 Å². The van der Waals surface area contributed by atoms with Crippen molar-refractivity contribution < 1.29 is 9.59 Å². The van der Waals surface area contributed by atoms with Gasteiger partial charge < -0.3 is 15.5 Å². The van der Waals surface area contributed by atoms with Crippen molar-refractivity contribution in [2.45, 2.75) is 32.7 Å². The molecule has 1 atom stereocenters. The topological polar surface area (TPSA) is 61.4 Å². The summed E-state index contributed by atoms with van der Waals surface area (Å²) < 4.78 is 0. The lowest BCUT2D eigenvalue weighted by Crippen LogP contribution is -2.49. The van der Waals surface area contributed by atoms with Gasteiger partial charge in [-0.2, -0.15) is 0 Å². The average Bonchev–Trinajstić information content (AvgIpc) is 2.88. The molecule has 1 aliphatic heterocycles. The first kappa shape index (κ1) is 14.4. The van der Waals surface area contributed by atoms with Gasteiger partial charge in [-0.25, -0.2) is 4.79 Å². The van der Waals surface area contributed by atoms with E-state index >= 15 is 0 Å². The molecule has 0 radical (unpaired) electrons. The molecule has 1 aromatic carbocycles. The smallest absolute Gasteiger partial charge is 0.315 e. The maximum Gasteiger partial charge on any atom is 0.315 e. The number of carbonyl (C=O) groups is 2. The number of carbonyl (C=O) groups excluding carboxylic acids is 2. The molecule has 0 fully saturated rings. The van der Waals surface area contributed by atoms with Crippen LogP contribution in [0.25, 0.3) is 0 Å². The lowest BCUT2D eigenvalue weighted by atomic mass is 10.2. The van der Waals surface area contributed by atoms with E-state index in [1.165, 1.54) is 5.56 Å². The lowest BCUT2D eigenvalue weighted by molar-refractivity contribution is -0.119. The summed E-state index contributed by atoms with van der Waals surface area (Å²) in [5.41, 5.74) is 2.14. The lowest BCUT2D eigenvalue weighted by Gasteiger charge is -2.22. The number of urea groups is 1. The van der Waals surface area contributed by atoms with Gasteiger partial charge in [-0.1, -0.05) is 25.1 Å². The summed E-state index contributed by atoms with van der Waals surface area (Å²) in [6.45, 7) is 4.99. The van der Waals surface area contributed by atoms with Gasteiger partial charge in [-0.05, 0) is 31.4 Å². The van der Waals surface area contributed by atoms with Gasteiger partial charge in [-0.15, -0.1) is 0 Å². The molecule has 1 heterocycles. The third-order valence-electron chi connectivity index (χ3n) is 3.41. The van der Waals surface area contributed by atoms with Crippen LogP contribution in [0.3, 0.4) is 0 Å². The number of anilines is 1. The van der Waals surface area contributed by atoms with Gasteiger partial charge in [0.2, 0.25) is 5.91 Å². The second-order valence-corrected chi connectivity index (χ2v) is 4.99. The molecule has 0 saturated carbocycles. The predicted octanol–water partition coefficient (Wildman–Crippen LogP) is 1.67. The van der Waals surface area contributed by atoms with Crippen LogP contribution in [0.1, 0.15) is 25.8 Å². The zero-order chi connectivity index (χ0) is 14.5. The fraction of sp³-hybridized carbons (Fsp3) is 0.467. The number of nitrogens with zero attached hydrogens (tertiary/aromatic N) is 1. The Kier molecular flexibility index (Phi) is 4.61. The number of fused-ring (bicyclic) bond motifs is 1. The largest absolute Gasteiger partial charge is 0.338 e. The highest BCUT2D eigenvalue weighted by Crippen LogP contribution is 2.27. The minimum atomic E-state index is -0.530. The van der Waals surface area contributed by atoms with Gasteiger partial charge in [0.05, 0.1) is 0 Å². The van der Waals surface area contributed by atoms with Gasteiger partial charge in [0.25, 0.3) is 0 Å². The first-order valence-corrected chi connectivity index (χ1v) is 7.07. The van der Waals surface area contributed by atoms with Crippen LogP contribution >= 0.6 is 0 Å². The summed E-state index contributed by atoms with van der Waals surface area (Å²) >= 11 is 0. The Labute approximate surface area is 119 Å². The number of hydrogen-bond acceptors (Lipinski definition) is 2. The van der Waals surface area contributed by atoms with Crippen molar-refractivity contribution in [3.8, 4) is 0 Å². The van der Waals surface area contributed by atoms with E-state index in [9.17, 15) is 9.59 Å². The summed E-state index contributed by atoms with van der Waals surface area (Å²) in [7, 11) is 0.